The second kappa shape index (κ2) is 6.92. The summed E-state index contributed by atoms with van der Waals surface area (Å²) in [6.07, 6.45) is 1.57. The van der Waals surface area contributed by atoms with E-state index in [-0.39, 0.29) is 12.6 Å². The van der Waals surface area contributed by atoms with Gasteiger partial charge in [-0.05, 0) is 65.4 Å². The molecule has 0 bridgehead atoms. The molecule has 0 spiro atoms. The van der Waals surface area contributed by atoms with Crippen molar-refractivity contribution in [1.82, 2.24) is 5.43 Å². The molecule has 8 heteroatoms. The highest BCUT2D eigenvalue weighted by Gasteiger charge is 2.16. The Morgan fingerprint density at radius 2 is 2.00 bits per heavy atom. The Balaban J connectivity index is 1.52. The maximum absolute atomic E-state index is 12.3. The number of hydrogen-bond donors (Lipinski definition) is 1. The van der Waals surface area contributed by atoms with Gasteiger partial charge >= 0.3 is 5.91 Å². The summed E-state index contributed by atoms with van der Waals surface area (Å²) in [5.74, 6) is 1.17. The molecule has 6 nitrogen and oxygen atoms in total. The van der Waals surface area contributed by atoms with Crippen LogP contribution in [0.25, 0.3) is 11.0 Å². The SMILES string of the molecule is Cc1cc2c(cc1/C=N\NC(=O)c1cc3cc(Br)cc(I)c3o1)OCO2. The molecule has 0 fully saturated rings. The number of carbonyl (C=O) groups excluding carboxylic acids is 1. The van der Waals surface area contributed by atoms with Crippen LogP contribution in [0, 0.1) is 10.5 Å². The summed E-state index contributed by atoms with van der Waals surface area (Å²) >= 11 is 5.60. The predicted molar refractivity (Wildman–Crippen MR) is 109 cm³/mol. The molecule has 1 N–H and O–H groups in total. The molecule has 1 aliphatic heterocycles. The number of ether oxygens (including phenoxy) is 2. The normalized spacial score (nSPS) is 12.9. The highest BCUT2D eigenvalue weighted by molar-refractivity contribution is 14.1. The van der Waals surface area contributed by atoms with Crippen molar-refractivity contribution >= 4 is 61.6 Å². The number of aryl methyl sites for hydroxylation is 1. The quantitative estimate of drug-likeness (QED) is 0.307. The second-order valence-corrected chi connectivity index (χ2v) is 7.76. The first-order chi connectivity index (χ1) is 12.5. The number of furan rings is 1. The van der Waals surface area contributed by atoms with Crippen molar-refractivity contribution in [3.8, 4) is 11.5 Å². The highest BCUT2D eigenvalue weighted by atomic mass is 127. The average Bonchev–Trinajstić information content (AvgIpc) is 3.21. The van der Waals surface area contributed by atoms with Crippen LogP contribution < -0.4 is 14.9 Å². The van der Waals surface area contributed by atoms with Crippen LogP contribution in [0.4, 0.5) is 0 Å². The van der Waals surface area contributed by atoms with Crippen LogP contribution in [0.15, 0.2) is 44.3 Å². The number of benzene rings is 2. The molecule has 3 aromatic rings. The van der Waals surface area contributed by atoms with Crippen molar-refractivity contribution < 1.29 is 18.7 Å². The van der Waals surface area contributed by atoms with Crippen molar-refractivity contribution in [3.05, 3.63) is 55.3 Å². The van der Waals surface area contributed by atoms with E-state index in [1.807, 2.05) is 31.2 Å². The minimum Gasteiger partial charge on any atom is -0.454 e. The maximum atomic E-state index is 12.3. The molecule has 2 aromatic carbocycles. The van der Waals surface area contributed by atoms with Gasteiger partial charge in [-0.25, -0.2) is 5.43 Å². The lowest BCUT2D eigenvalue weighted by Crippen LogP contribution is -2.16. The summed E-state index contributed by atoms with van der Waals surface area (Å²) in [6, 6.07) is 9.23. The van der Waals surface area contributed by atoms with E-state index in [4.69, 9.17) is 13.9 Å². The largest absolute Gasteiger partial charge is 0.454 e. The molecule has 2 heterocycles. The van der Waals surface area contributed by atoms with Gasteiger partial charge in [-0.3, -0.25) is 4.79 Å². The fourth-order valence-electron chi connectivity index (χ4n) is 2.60. The fraction of sp³-hybridized carbons (Fsp3) is 0.111. The Kier molecular flexibility index (Phi) is 4.62. The van der Waals surface area contributed by atoms with Crippen molar-refractivity contribution in [2.24, 2.45) is 5.10 Å². The number of nitrogens with one attached hydrogen (secondary N) is 1. The van der Waals surface area contributed by atoms with Crippen molar-refractivity contribution in [2.75, 3.05) is 6.79 Å². The van der Waals surface area contributed by atoms with Crippen LogP contribution in [-0.2, 0) is 0 Å². The first-order valence-corrected chi connectivity index (χ1v) is 9.50. The summed E-state index contributed by atoms with van der Waals surface area (Å²) in [4.78, 5) is 12.3. The number of nitrogens with zero attached hydrogens (tertiary/aromatic N) is 1. The third-order valence-electron chi connectivity index (χ3n) is 3.89. The molecule has 4 rings (SSSR count). The third kappa shape index (κ3) is 3.30. The zero-order valence-corrected chi connectivity index (χ0v) is 17.3. The zero-order valence-electron chi connectivity index (χ0n) is 13.5. The molecule has 0 atom stereocenters. The van der Waals surface area contributed by atoms with Gasteiger partial charge in [-0.2, -0.15) is 5.10 Å². The average molecular weight is 527 g/mol. The van der Waals surface area contributed by atoms with Gasteiger partial charge in [-0.15, -0.1) is 0 Å². The Morgan fingerprint density at radius 3 is 2.81 bits per heavy atom. The minimum atomic E-state index is -0.414. The summed E-state index contributed by atoms with van der Waals surface area (Å²) in [7, 11) is 0. The minimum absolute atomic E-state index is 0.204. The summed E-state index contributed by atoms with van der Waals surface area (Å²) in [5.41, 5.74) is 4.96. The number of carbonyl (C=O) groups is 1. The first kappa shape index (κ1) is 17.3. The smallest absolute Gasteiger partial charge is 0.307 e. The fourth-order valence-corrected chi connectivity index (χ4v) is 4.26. The van der Waals surface area contributed by atoms with Gasteiger partial charge in [-0.1, -0.05) is 15.9 Å². The second-order valence-electron chi connectivity index (χ2n) is 5.68. The monoisotopic (exact) mass is 526 g/mol. The van der Waals surface area contributed by atoms with E-state index in [1.54, 1.807) is 12.3 Å². The lowest BCUT2D eigenvalue weighted by atomic mass is 10.1. The summed E-state index contributed by atoms with van der Waals surface area (Å²) < 4.78 is 18.2. The Morgan fingerprint density at radius 1 is 1.23 bits per heavy atom. The molecule has 0 saturated heterocycles. The number of hydrazone groups is 1. The van der Waals surface area contributed by atoms with Crippen LogP contribution >= 0.6 is 38.5 Å². The van der Waals surface area contributed by atoms with E-state index in [0.29, 0.717) is 17.1 Å². The highest BCUT2D eigenvalue weighted by Crippen LogP contribution is 2.34. The van der Waals surface area contributed by atoms with Crippen LogP contribution in [0.2, 0.25) is 0 Å². The maximum Gasteiger partial charge on any atom is 0.307 e. The van der Waals surface area contributed by atoms with Gasteiger partial charge in [0, 0.05) is 15.4 Å². The van der Waals surface area contributed by atoms with E-state index in [0.717, 1.165) is 24.6 Å². The molecule has 132 valence electrons. The number of hydrogen-bond acceptors (Lipinski definition) is 5. The number of rotatable bonds is 3. The molecule has 26 heavy (non-hydrogen) atoms. The molecule has 1 amide bonds. The number of amides is 1. The lowest BCUT2D eigenvalue weighted by molar-refractivity contribution is 0.0929. The Hall–Kier alpha value is -2.07. The van der Waals surface area contributed by atoms with E-state index in [9.17, 15) is 4.79 Å². The molecule has 0 unspecified atom stereocenters. The van der Waals surface area contributed by atoms with Crippen molar-refractivity contribution in [3.63, 3.8) is 0 Å². The Bertz CT molecular complexity index is 1060. The molecule has 0 aliphatic carbocycles. The molecule has 0 saturated carbocycles. The zero-order chi connectivity index (χ0) is 18.3. The first-order valence-electron chi connectivity index (χ1n) is 7.63. The van der Waals surface area contributed by atoms with E-state index >= 15 is 0 Å². The van der Waals surface area contributed by atoms with Gasteiger partial charge < -0.3 is 13.9 Å². The Labute approximate surface area is 170 Å². The van der Waals surface area contributed by atoms with Gasteiger partial charge in [0.25, 0.3) is 0 Å². The summed E-state index contributed by atoms with van der Waals surface area (Å²) in [5, 5.41) is 4.87. The predicted octanol–water partition coefficient (Wildman–Crippen LogP) is 4.60. The van der Waals surface area contributed by atoms with Crippen LogP contribution in [-0.4, -0.2) is 18.9 Å². The van der Waals surface area contributed by atoms with Gasteiger partial charge in [0.2, 0.25) is 6.79 Å². The molecule has 1 aliphatic rings. The number of fused-ring (bicyclic) bond motifs is 2. The van der Waals surface area contributed by atoms with Gasteiger partial charge in [0.1, 0.15) is 5.58 Å². The topological polar surface area (TPSA) is 73.1 Å². The van der Waals surface area contributed by atoms with Gasteiger partial charge in [0.15, 0.2) is 17.3 Å². The van der Waals surface area contributed by atoms with E-state index < -0.39 is 5.91 Å². The number of halogens is 2. The molecule has 1 aromatic heterocycles. The van der Waals surface area contributed by atoms with Gasteiger partial charge in [0.05, 0.1) is 9.78 Å². The van der Waals surface area contributed by atoms with E-state index in [1.165, 1.54) is 0 Å². The molecular formula is C18H12BrIN2O4. The summed E-state index contributed by atoms with van der Waals surface area (Å²) in [6.45, 7) is 2.15. The van der Waals surface area contributed by atoms with Crippen molar-refractivity contribution in [1.29, 1.82) is 0 Å². The van der Waals surface area contributed by atoms with Crippen LogP contribution in [0.1, 0.15) is 21.7 Å². The molecular weight excluding hydrogens is 515 g/mol. The lowest BCUT2D eigenvalue weighted by Gasteiger charge is -2.02. The van der Waals surface area contributed by atoms with E-state index in [2.05, 4.69) is 49.0 Å². The third-order valence-corrected chi connectivity index (χ3v) is 5.15. The van der Waals surface area contributed by atoms with Crippen molar-refractivity contribution in [2.45, 2.75) is 6.92 Å². The standard InChI is InChI=1S/C18H12BrIN2O4/c1-9-2-14-15(25-8-24-14)5-11(9)7-21-22-18(23)16-4-10-3-12(19)6-13(20)17(10)26-16/h2-7H,8H2,1H3,(H,22,23)/b21-7-. The molecule has 0 radical (unpaired) electrons. The van der Waals surface area contributed by atoms with Crippen LogP contribution in [0.3, 0.4) is 0 Å². The van der Waals surface area contributed by atoms with Crippen LogP contribution in [0.5, 0.6) is 11.5 Å².